The predicted octanol–water partition coefficient (Wildman–Crippen LogP) is 7.40. The lowest BCUT2D eigenvalue weighted by atomic mass is 10.2. The molecule has 0 radical (unpaired) electrons. The number of hydrogen-bond acceptors (Lipinski definition) is 10. The first-order valence-corrected chi connectivity index (χ1v) is 15.1. The first-order valence-electron chi connectivity index (χ1n) is 14.4. The molecule has 5 aromatic carbocycles. The Morgan fingerprint density at radius 1 is 0.612 bits per heavy atom. The molecule has 7 rings (SSSR count). The first kappa shape index (κ1) is 31.2. The van der Waals surface area contributed by atoms with Gasteiger partial charge in [-0.05, 0) is 85.3 Å². The van der Waals surface area contributed by atoms with Gasteiger partial charge in [-0.3, -0.25) is 10.6 Å². The molecule has 0 aliphatic heterocycles. The summed E-state index contributed by atoms with van der Waals surface area (Å²) in [5, 5.41) is 44.7. The Labute approximate surface area is 286 Å². The number of rotatable bonds is 6. The van der Waals surface area contributed by atoms with Crippen LogP contribution in [0.5, 0.6) is 23.0 Å². The van der Waals surface area contributed by atoms with Crippen LogP contribution in [0.2, 0.25) is 10.0 Å². The molecule has 0 atom stereocenters. The van der Waals surface area contributed by atoms with Gasteiger partial charge in [0.1, 0.15) is 56.4 Å². The predicted molar refractivity (Wildman–Crippen MR) is 182 cm³/mol. The number of ether oxygens (including phenoxy) is 2. The van der Waals surface area contributed by atoms with Gasteiger partial charge in [-0.15, -0.1) is 30.0 Å². The van der Waals surface area contributed by atoms with Gasteiger partial charge in [0.25, 0.3) is 0 Å². The summed E-state index contributed by atoms with van der Waals surface area (Å²) >= 11 is 12.0. The van der Waals surface area contributed by atoms with Gasteiger partial charge in [-0.2, -0.15) is 0 Å². The van der Waals surface area contributed by atoms with Gasteiger partial charge < -0.3 is 19.7 Å². The Morgan fingerprint density at radius 2 is 1.10 bits per heavy atom. The number of nitrogens with one attached hydrogen (secondary N) is 2. The van der Waals surface area contributed by atoms with Crippen molar-refractivity contribution in [3.05, 3.63) is 107 Å². The molecule has 2 aromatic heterocycles. The van der Waals surface area contributed by atoms with E-state index in [1.54, 1.807) is 55.5 Å². The van der Waals surface area contributed by atoms with Crippen molar-refractivity contribution < 1.29 is 29.3 Å². The smallest absolute Gasteiger partial charge is 0.417 e. The monoisotopic (exact) mass is 696 g/mol. The Bertz CT molecular complexity index is 2430. The van der Waals surface area contributed by atoms with Gasteiger partial charge in [-0.1, -0.05) is 29.3 Å². The molecule has 2 heterocycles. The van der Waals surface area contributed by atoms with Crippen LogP contribution in [0.15, 0.2) is 91.0 Å². The highest BCUT2D eigenvalue weighted by molar-refractivity contribution is 6.31. The lowest BCUT2D eigenvalue weighted by Gasteiger charge is -2.13. The van der Waals surface area contributed by atoms with E-state index < -0.39 is 12.2 Å². The third-order valence-corrected chi connectivity index (χ3v) is 7.62. The number of aromatic nitrogens is 6. The summed E-state index contributed by atoms with van der Waals surface area (Å²) in [7, 11) is 0. The molecule has 0 saturated carbocycles. The van der Waals surface area contributed by atoms with Crippen LogP contribution in [0.1, 0.15) is 5.56 Å². The van der Waals surface area contributed by atoms with Crippen molar-refractivity contribution in [2.45, 2.75) is 6.92 Å². The molecule has 244 valence electrons. The van der Waals surface area contributed by atoms with Gasteiger partial charge >= 0.3 is 12.2 Å². The lowest BCUT2D eigenvalue weighted by molar-refractivity contribution is 0.214. The van der Waals surface area contributed by atoms with Crippen LogP contribution in [0, 0.1) is 6.92 Å². The molecule has 16 heteroatoms. The van der Waals surface area contributed by atoms with E-state index in [0.29, 0.717) is 49.1 Å². The molecular weight excluding hydrogens is 675 g/mol. The van der Waals surface area contributed by atoms with E-state index in [1.807, 2.05) is 0 Å². The van der Waals surface area contributed by atoms with Crippen LogP contribution in [-0.2, 0) is 0 Å². The van der Waals surface area contributed by atoms with Crippen molar-refractivity contribution in [3.63, 3.8) is 0 Å². The highest BCUT2D eigenvalue weighted by atomic mass is 35.5. The summed E-state index contributed by atoms with van der Waals surface area (Å²) in [6.45, 7) is 1.75. The van der Waals surface area contributed by atoms with E-state index in [2.05, 4.69) is 31.0 Å². The molecule has 4 N–H and O–H groups in total. The van der Waals surface area contributed by atoms with Crippen molar-refractivity contribution >= 4 is 68.8 Å². The second kappa shape index (κ2) is 12.7. The molecule has 0 bridgehead atoms. The number of carbonyl (C=O) groups is 2. The maximum atomic E-state index is 12.7. The maximum absolute atomic E-state index is 12.7. The topological polar surface area (TPSA) is 179 Å². The zero-order chi connectivity index (χ0) is 34.2. The fourth-order valence-corrected chi connectivity index (χ4v) is 5.12. The van der Waals surface area contributed by atoms with E-state index in [4.69, 9.17) is 32.7 Å². The second-order valence-corrected chi connectivity index (χ2v) is 11.5. The fraction of sp³-hybridized carbons (Fsp3) is 0.0303. The number of nitrogens with zero attached hydrogens (tertiary/aromatic N) is 6. The van der Waals surface area contributed by atoms with E-state index in [9.17, 15) is 19.8 Å². The Morgan fingerprint density at radius 3 is 1.61 bits per heavy atom. The van der Waals surface area contributed by atoms with Crippen LogP contribution in [-0.4, -0.2) is 52.4 Å². The minimum Gasteiger partial charge on any atom is -0.505 e. The van der Waals surface area contributed by atoms with Crippen LogP contribution >= 0.6 is 23.2 Å². The normalized spacial score (nSPS) is 11.1. The SMILES string of the molecule is Cc1ccc(NC(=O)Oc2ccc(-n3nc4ccc(Cl)cc4n3)c(O)c2)cc1NC(=O)Oc1ccc(-n2nc3ccc(Cl)cc3n2)c(O)c1. The van der Waals surface area contributed by atoms with E-state index in [-0.39, 0.29) is 34.4 Å². The standard InChI is InChI=1S/C33H22Cl2N8O6/c1-17-2-5-20(36-32(46)48-21-6-10-28(30(44)15-21)42-38-23-8-3-18(34)12-26(23)40-42)14-25(17)37-33(47)49-22-7-11-29(31(45)16-22)43-39-24-9-4-19(35)13-27(24)41-43/h2-16,44-45H,1H3,(H,36,46)(H,37,47). The van der Waals surface area contributed by atoms with Crippen molar-refractivity contribution in [1.82, 2.24) is 30.0 Å². The average Bonchev–Trinajstić information content (AvgIpc) is 3.66. The number of amides is 2. The number of anilines is 2. The first-order chi connectivity index (χ1) is 23.6. The lowest BCUT2D eigenvalue weighted by Crippen LogP contribution is -2.19. The average molecular weight is 697 g/mol. The summed E-state index contributed by atoms with van der Waals surface area (Å²) < 4.78 is 10.7. The molecule has 0 aliphatic carbocycles. The number of aromatic hydroxyl groups is 2. The summed E-state index contributed by atoms with van der Waals surface area (Å²) in [4.78, 5) is 27.9. The van der Waals surface area contributed by atoms with Crippen molar-refractivity contribution in [2.75, 3.05) is 10.6 Å². The van der Waals surface area contributed by atoms with Crippen LogP contribution < -0.4 is 20.1 Å². The second-order valence-electron chi connectivity index (χ2n) is 10.6. The summed E-state index contributed by atoms with van der Waals surface area (Å²) in [6.07, 6.45) is -1.69. The number of benzene rings is 5. The van der Waals surface area contributed by atoms with Crippen molar-refractivity contribution in [3.8, 4) is 34.4 Å². The third kappa shape index (κ3) is 6.72. The number of halogens is 2. The molecule has 0 fully saturated rings. The number of phenols is 2. The number of aryl methyl sites for hydroxylation is 1. The third-order valence-electron chi connectivity index (χ3n) is 7.15. The molecule has 0 unspecified atom stereocenters. The Kier molecular flexibility index (Phi) is 8.08. The van der Waals surface area contributed by atoms with Crippen molar-refractivity contribution in [2.24, 2.45) is 0 Å². The number of carbonyl (C=O) groups excluding carboxylic acids is 2. The van der Waals surface area contributed by atoms with E-state index in [0.717, 1.165) is 0 Å². The Hall–Kier alpha value is -6.38. The molecule has 0 saturated heterocycles. The van der Waals surface area contributed by atoms with Crippen molar-refractivity contribution in [1.29, 1.82) is 0 Å². The summed E-state index contributed by atoms with van der Waals surface area (Å²) in [6, 6.07) is 23.4. The fourth-order valence-electron chi connectivity index (χ4n) is 4.79. The van der Waals surface area contributed by atoms with Gasteiger partial charge in [-0.25, -0.2) is 9.59 Å². The highest BCUT2D eigenvalue weighted by Crippen LogP contribution is 2.30. The van der Waals surface area contributed by atoms with Gasteiger partial charge in [0.2, 0.25) is 0 Å². The van der Waals surface area contributed by atoms with Crippen LogP contribution in [0.3, 0.4) is 0 Å². The van der Waals surface area contributed by atoms with E-state index >= 15 is 0 Å². The van der Waals surface area contributed by atoms with Gasteiger partial charge in [0.15, 0.2) is 0 Å². The molecule has 14 nitrogen and oxygen atoms in total. The zero-order valence-corrected chi connectivity index (χ0v) is 26.6. The maximum Gasteiger partial charge on any atom is 0.417 e. The summed E-state index contributed by atoms with van der Waals surface area (Å²) in [5.41, 5.74) is 4.12. The quantitative estimate of drug-likeness (QED) is 0.137. The molecule has 0 aliphatic rings. The molecule has 7 aromatic rings. The van der Waals surface area contributed by atoms with Gasteiger partial charge in [0.05, 0.1) is 0 Å². The van der Waals surface area contributed by atoms with Crippen LogP contribution in [0.4, 0.5) is 21.0 Å². The van der Waals surface area contributed by atoms with Crippen LogP contribution in [0.25, 0.3) is 33.4 Å². The number of phenolic OH excluding ortho intramolecular Hbond substituents is 2. The Balaban J connectivity index is 0.980. The minimum absolute atomic E-state index is 0.0582. The molecule has 0 spiro atoms. The largest absolute Gasteiger partial charge is 0.505 e. The number of fused-ring (bicyclic) bond motifs is 2. The van der Waals surface area contributed by atoms with E-state index in [1.165, 1.54) is 52.1 Å². The molecular formula is C33H22Cl2N8O6. The number of hydrogen-bond donors (Lipinski definition) is 4. The zero-order valence-electron chi connectivity index (χ0n) is 25.1. The minimum atomic E-state index is -0.847. The molecule has 49 heavy (non-hydrogen) atoms. The molecule has 2 amide bonds. The van der Waals surface area contributed by atoms with Gasteiger partial charge in [0, 0.05) is 33.6 Å². The highest BCUT2D eigenvalue weighted by Gasteiger charge is 2.16. The summed E-state index contributed by atoms with van der Waals surface area (Å²) in [5.74, 6) is -0.332.